The molecule has 2 rings (SSSR count). The van der Waals surface area contributed by atoms with Crippen molar-refractivity contribution in [3.8, 4) is 11.5 Å². The molecule has 0 radical (unpaired) electrons. The summed E-state index contributed by atoms with van der Waals surface area (Å²) < 4.78 is 21.6. The fraction of sp³-hybridized carbons (Fsp3) is 0.250. The SMILES string of the molecule is COC(=O)c1cc(COc2cc(C=O)c(Br)cc2OC)oc1C. The van der Waals surface area contributed by atoms with Crippen LogP contribution in [0.5, 0.6) is 11.5 Å². The first-order valence-corrected chi connectivity index (χ1v) is 7.42. The summed E-state index contributed by atoms with van der Waals surface area (Å²) in [7, 11) is 2.81. The maximum absolute atomic E-state index is 11.6. The van der Waals surface area contributed by atoms with Crippen molar-refractivity contribution in [1.29, 1.82) is 0 Å². The first kappa shape index (κ1) is 17.1. The van der Waals surface area contributed by atoms with Crippen molar-refractivity contribution in [1.82, 2.24) is 0 Å². The van der Waals surface area contributed by atoms with Crippen molar-refractivity contribution in [3.05, 3.63) is 45.3 Å². The minimum absolute atomic E-state index is 0.0775. The maximum Gasteiger partial charge on any atom is 0.341 e. The Morgan fingerprint density at radius 2 is 2.00 bits per heavy atom. The number of ether oxygens (including phenoxy) is 3. The molecular formula is C16H15BrO6. The average Bonchev–Trinajstić information content (AvgIpc) is 2.93. The van der Waals surface area contributed by atoms with Gasteiger partial charge in [-0.05, 0) is 41.1 Å². The van der Waals surface area contributed by atoms with Crippen molar-refractivity contribution < 1.29 is 28.2 Å². The summed E-state index contributed by atoms with van der Waals surface area (Å²) in [5.41, 5.74) is 0.786. The zero-order chi connectivity index (χ0) is 17.0. The molecule has 23 heavy (non-hydrogen) atoms. The van der Waals surface area contributed by atoms with Crippen LogP contribution in [0.15, 0.2) is 27.1 Å². The highest BCUT2D eigenvalue weighted by Gasteiger charge is 2.16. The number of hydrogen-bond acceptors (Lipinski definition) is 6. The molecule has 0 fully saturated rings. The molecule has 0 aliphatic rings. The number of halogens is 1. The Kier molecular flexibility index (Phi) is 5.44. The summed E-state index contributed by atoms with van der Waals surface area (Å²) in [5, 5.41) is 0. The van der Waals surface area contributed by atoms with E-state index in [1.54, 1.807) is 25.1 Å². The molecule has 0 atom stereocenters. The Balaban J connectivity index is 2.21. The molecule has 1 aromatic carbocycles. The Bertz CT molecular complexity index is 734. The average molecular weight is 383 g/mol. The van der Waals surface area contributed by atoms with Crippen LogP contribution in [0.4, 0.5) is 0 Å². The van der Waals surface area contributed by atoms with Crippen LogP contribution in [0, 0.1) is 6.92 Å². The van der Waals surface area contributed by atoms with Gasteiger partial charge in [0.25, 0.3) is 0 Å². The molecule has 0 aliphatic heterocycles. The minimum Gasteiger partial charge on any atom is -0.493 e. The monoisotopic (exact) mass is 382 g/mol. The Labute approximate surface area is 141 Å². The Morgan fingerprint density at radius 1 is 1.26 bits per heavy atom. The first-order valence-electron chi connectivity index (χ1n) is 6.63. The quantitative estimate of drug-likeness (QED) is 0.561. The van der Waals surface area contributed by atoms with Gasteiger partial charge < -0.3 is 18.6 Å². The molecule has 7 heteroatoms. The van der Waals surface area contributed by atoms with Crippen LogP contribution >= 0.6 is 15.9 Å². The third-order valence-corrected chi connectivity index (χ3v) is 3.84. The summed E-state index contributed by atoms with van der Waals surface area (Å²) in [6.07, 6.45) is 0.711. The number of hydrogen-bond donors (Lipinski definition) is 0. The molecule has 0 amide bonds. The smallest absolute Gasteiger partial charge is 0.341 e. The van der Waals surface area contributed by atoms with E-state index in [4.69, 9.17) is 13.9 Å². The van der Waals surface area contributed by atoms with Gasteiger partial charge in [-0.2, -0.15) is 0 Å². The van der Waals surface area contributed by atoms with Gasteiger partial charge >= 0.3 is 5.97 Å². The number of rotatable bonds is 6. The highest BCUT2D eigenvalue weighted by Crippen LogP contribution is 2.33. The largest absolute Gasteiger partial charge is 0.493 e. The van der Waals surface area contributed by atoms with Gasteiger partial charge in [-0.1, -0.05) is 0 Å². The number of esters is 1. The third-order valence-electron chi connectivity index (χ3n) is 3.15. The zero-order valence-electron chi connectivity index (χ0n) is 12.8. The zero-order valence-corrected chi connectivity index (χ0v) is 14.4. The van der Waals surface area contributed by atoms with Gasteiger partial charge in [0.15, 0.2) is 17.8 Å². The van der Waals surface area contributed by atoms with Crippen LogP contribution in [0.1, 0.15) is 32.2 Å². The highest BCUT2D eigenvalue weighted by atomic mass is 79.9. The number of furan rings is 1. The van der Waals surface area contributed by atoms with Gasteiger partial charge in [-0.25, -0.2) is 4.79 Å². The summed E-state index contributed by atoms with van der Waals surface area (Å²) in [4.78, 5) is 22.6. The van der Waals surface area contributed by atoms with E-state index in [-0.39, 0.29) is 6.61 Å². The lowest BCUT2D eigenvalue weighted by molar-refractivity contribution is 0.0598. The molecule has 0 bridgehead atoms. The maximum atomic E-state index is 11.6. The van der Waals surface area contributed by atoms with E-state index in [0.717, 1.165) is 0 Å². The number of benzene rings is 1. The number of carbonyl (C=O) groups is 2. The van der Waals surface area contributed by atoms with Crippen molar-refractivity contribution >= 4 is 28.2 Å². The van der Waals surface area contributed by atoms with Crippen LogP contribution in [-0.2, 0) is 11.3 Å². The molecule has 2 aromatic rings. The Hall–Kier alpha value is -2.28. The normalized spacial score (nSPS) is 10.3. The van der Waals surface area contributed by atoms with Crippen LogP contribution < -0.4 is 9.47 Å². The van der Waals surface area contributed by atoms with E-state index < -0.39 is 5.97 Å². The molecule has 0 spiro atoms. The molecule has 0 saturated heterocycles. The van der Waals surface area contributed by atoms with Crippen LogP contribution in [-0.4, -0.2) is 26.5 Å². The minimum atomic E-state index is -0.470. The van der Waals surface area contributed by atoms with Crippen molar-refractivity contribution in [2.24, 2.45) is 0 Å². The second-order valence-electron chi connectivity index (χ2n) is 4.61. The molecule has 122 valence electrons. The second kappa shape index (κ2) is 7.32. The summed E-state index contributed by atoms with van der Waals surface area (Å²) in [5.74, 6) is 1.31. The third kappa shape index (κ3) is 3.73. The molecule has 0 unspecified atom stereocenters. The lowest BCUT2D eigenvalue weighted by Crippen LogP contribution is -2.01. The first-order chi connectivity index (χ1) is 11.0. The van der Waals surface area contributed by atoms with Gasteiger partial charge in [0, 0.05) is 10.0 Å². The van der Waals surface area contributed by atoms with Gasteiger partial charge in [-0.3, -0.25) is 4.79 Å². The van der Waals surface area contributed by atoms with Crippen molar-refractivity contribution in [3.63, 3.8) is 0 Å². The molecule has 0 N–H and O–H groups in total. The molecular weight excluding hydrogens is 368 g/mol. The summed E-state index contributed by atoms with van der Waals surface area (Å²) in [6.45, 7) is 1.74. The van der Waals surface area contributed by atoms with Gasteiger partial charge in [-0.15, -0.1) is 0 Å². The molecule has 0 saturated carbocycles. The van der Waals surface area contributed by atoms with Crippen molar-refractivity contribution in [2.75, 3.05) is 14.2 Å². The predicted octanol–water partition coefficient (Wildman–Crippen LogP) is 3.54. The molecule has 0 aliphatic carbocycles. The Morgan fingerprint density at radius 3 is 2.61 bits per heavy atom. The number of aryl methyl sites for hydroxylation is 1. The standard InChI is InChI=1S/C16H15BrO6/c1-9-12(16(19)21-3)5-11(23-9)8-22-15-4-10(7-18)13(17)6-14(15)20-2/h4-7H,8H2,1-3H3. The molecule has 1 heterocycles. The van der Waals surface area contributed by atoms with E-state index in [1.807, 2.05) is 0 Å². The van der Waals surface area contributed by atoms with E-state index in [9.17, 15) is 9.59 Å². The van der Waals surface area contributed by atoms with Crippen LogP contribution in [0.2, 0.25) is 0 Å². The topological polar surface area (TPSA) is 75.0 Å². The van der Waals surface area contributed by atoms with Gasteiger partial charge in [0.2, 0.25) is 0 Å². The van der Waals surface area contributed by atoms with E-state index in [1.165, 1.54) is 14.2 Å². The van der Waals surface area contributed by atoms with Crippen molar-refractivity contribution in [2.45, 2.75) is 13.5 Å². The summed E-state index contributed by atoms with van der Waals surface area (Å²) in [6, 6.07) is 4.77. The van der Waals surface area contributed by atoms with E-state index in [0.29, 0.717) is 44.9 Å². The second-order valence-corrected chi connectivity index (χ2v) is 5.46. The van der Waals surface area contributed by atoms with Crippen LogP contribution in [0.3, 0.4) is 0 Å². The van der Waals surface area contributed by atoms with E-state index >= 15 is 0 Å². The van der Waals surface area contributed by atoms with E-state index in [2.05, 4.69) is 20.7 Å². The highest BCUT2D eigenvalue weighted by molar-refractivity contribution is 9.10. The fourth-order valence-corrected chi connectivity index (χ4v) is 2.41. The lowest BCUT2D eigenvalue weighted by atomic mass is 10.2. The summed E-state index contributed by atoms with van der Waals surface area (Å²) >= 11 is 3.28. The number of methoxy groups -OCH3 is 2. The van der Waals surface area contributed by atoms with Crippen LogP contribution in [0.25, 0.3) is 0 Å². The molecule has 6 nitrogen and oxygen atoms in total. The predicted molar refractivity (Wildman–Crippen MR) is 85.2 cm³/mol. The van der Waals surface area contributed by atoms with Gasteiger partial charge in [0.05, 0.1) is 14.2 Å². The van der Waals surface area contributed by atoms with Gasteiger partial charge in [0.1, 0.15) is 23.7 Å². The number of carbonyl (C=O) groups excluding carboxylic acids is 2. The molecule has 1 aromatic heterocycles. The lowest BCUT2D eigenvalue weighted by Gasteiger charge is -2.11. The fourth-order valence-electron chi connectivity index (χ4n) is 1.99. The number of aldehydes is 1.